The van der Waals surface area contributed by atoms with E-state index in [1.807, 2.05) is 48.5 Å². The summed E-state index contributed by atoms with van der Waals surface area (Å²) in [6.45, 7) is 4.31. The van der Waals surface area contributed by atoms with E-state index in [2.05, 4.69) is 19.9 Å². The average Bonchev–Trinajstić information content (AvgIpc) is 2.39. The molecule has 0 aromatic heterocycles. The average molecular weight is 240 g/mol. The molecular formula is C16H20N2. The second kappa shape index (κ2) is 4.92. The summed E-state index contributed by atoms with van der Waals surface area (Å²) in [7, 11) is 0. The molecule has 0 spiro atoms. The van der Waals surface area contributed by atoms with Crippen LogP contribution in [0.25, 0.3) is 0 Å². The second-order valence-electron chi connectivity index (χ2n) is 4.98. The third-order valence-electron chi connectivity index (χ3n) is 3.28. The van der Waals surface area contributed by atoms with Gasteiger partial charge in [0.15, 0.2) is 0 Å². The molecule has 0 aliphatic carbocycles. The van der Waals surface area contributed by atoms with Gasteiger partial charge in [-0.15, -0.1) is 0 Å². The summed E-state index contributed by atoms with van der Waals surface area (Å²) in [6.07, 6.45) is 0. The molecule has 0 aliphatic rings. The molecule has 0 bridgehead atoms. The maximum absolute atomic E-state index is 6.38. The molecule has 0 atom stereocenters. The smallest absolute Gasteiger partial charge is 0.117 e. The van der Waals surface area contributed by atoms with Crippen molar-refractivity contribution < 1.29 is 0 Å². The highest BCUT2D eigenvalue weighted by atomic mass is 15.0. The van der Waals surface area contributed by atoms with Crippen LogP contribution in [0.3, 0.4) is 0 Å². The van der Waals surface area contributed by atoms with Gasteiger partial charge in [0.2, 0.25) is 0 Å². The van der Waals surface area contributed by atoms with E-state index < -0.39 is 5.66 Å². The Balaban J connectivity index is 2.54. The van der Waals surface area contributed by atoms with Crippen molar-refractivity contribution in [3.8, 4) is 0 Å². The fourth-order valence-corrected chi connectivity index (χ4v) is 2.25. The SMILES string of the molecule is CC(C)c1ccccc1C(N)(N)c1ccccc1. The van der Waals surface area contributed by atoms with Gasteiger partial charge < -0.3 is 11.5 Å². The van der Waals surface area contributed by atoms with E-state index in [4.69, 9.17) is 11.5 Å². The zero-order chi connectivity index (χ0) is 13.2. The topological polar surface area (TPSA) is 52.0 Å². The molecule has 4 N–H and O–H groups in total. The predicted octanol–water partition coefficient (Wildman–Crippen LogP) is 2.93. The molecule has 0 aliphatic heterocycles. The predicted molar refractivity (Wildman–Crippen MR) is 76.1 cm³/mol. The summed E-state index contributed by atoms with van der Waals surface area (Å²) in [4.78, 5) is 0. The highest BCUT2D eigenvalue weighted by Crippen LogP contribution is 2.28. The van der Waals surface area contributed by atoms with E-state index in [1.54, 1.807) is 0 Å². The molecule has 2 aromatic rings. The molecule has 2 heteroatoms. The number of benzene rings is 2. The lowest BCUT2D eigenvalue weighted by atomic mass is 9.86. The molecule has 0 radical (unpaired) electrons. The Bertz CT molecular complexity index is 516. The van der Waals surface area contributed by atoms with Crippen molar-refractivity contribution in [1.29, 1.82) is 0 Å². The lowest BCUT2D eigenvalue weighted by molar-refractivity contribution is 0.556. The highest BCUT2D eigenvalue weighted by Gasteiger charge is 2.27. The maximum atomic E-state index is 6.38. The molecule has 2 aromatic carbocycles. The van der Waals surface area contributed by atoms with Gasteiger partial charge in [-0.25, -0.2) is 0 Å². The summed E-state index contributed by atoms with van der Waals surface area (Å²) >= 11 is 0. The van der Waals surface area contributed by atoms with Crippen molar-refractivity contribution in [2.45, 2.75) is 25.4 Å². The van der Waals surface area contributed by atoms with Gasteiger partial charge in [-0.2, -0.15) is 0 Å². The summed E-state index contributed by atoms with van der Waals surface area (Å²) in [5.41, 5.74) is 14.9. The molecule has 94 valence electrons. The van der Waals surface area contributed by atoms with Crippen LogP contribution < -0.4 is 11.5 Å². The fraction of sp³-hybridized carbons (Fsp3) is 0.250. The van der Waals surface area contributed by atoms with Crippen LogP contribution in [0.1, 0.15) is 36.5 Å². The lowest BCUT2D eigenvalue weighted by Crippen LogP contribution is -2.47. The zero-order valence-corrected chi connectivity index (χ0v) is 10.9. The van der Waals surface area contributed by atoms with Crippen LogP contribution in [-0.4, -0.2) is 0 Å². The monoisotopic (exact) mass is 240 g/mol. The van der Waals surface area contributed by atoms with E-state index in [1.165, 1.54) is 5.56 Å². The summed E-state index contributed by atoms with van der Waals surface area (Å²) in [5, 5.41) is 0. The molecule has 0 saturated heterocycles. The van der Waals surface area contributed by atoms with Crippen LogP contribution in [0.5, 0.6) is 0 Å². The second-order valence-corrected chi connectivity index (χ2v) is 4.98. The Kier molecular flexibility index (Phi) is 3.50. The van der Waals surface area contributed by atoms with Gasteiger partial charge in [0.05, 0.1) is 0 Å². The molecule has 0 heterocycles. The minimum Gasteiger partial charge on any atom is -0.306 e. The normalized spacial score (nSPS) is 11.8. The van der Waals surface area contributed by atoms with Crippen molar-refractivity contribution in [2.24, 2.45) is 11.5 Å². The number of rotatable bonds is 3. The van der Waals surface area contributed by atoms with Gasteiger partial charge in [-0.05, 0) is 22.6 Å². The molecule has 0 saturated carbocycles. The van der Waals surface area contributed by atoms with E-state index in [0.29, 0.717) is 5.92 Å². The molecule has 0 fully saturated rings. The number of hydrogen-bond acceptors (Lipinski definition) is 2. The molecule has 0 unspecified atom stereocenters. The number of nitrogens with two attached hydrogens (primary N) is 2. The van der Waals surface area contributed by atoms with Gasteiger partial charge in [-0.3, -0.25) is 0 Å². The van der Waals surface area contributed by atoms with Gasteiger partial charge in [0, 0.05) is 0 Å². The zero-order valence-electron chi connectivity index (χ0n) is 10.9. The summed E-state index contributed by atoms with van der Waals surface area (Å²) < 4.78 is 0. The molecular weight excluding hydrogens is 220 g/mol. The number of hydrogen-bond donors (Lipinski definition) is 2. The van der Waals surface area contributed by atoms with E-state index >= 15 is 0 Å². The Morgan fingerprint density at radius 1 is 0.833 bits per heavy atom. The van der Waals surface area contributed by atoms with Crippen LogP contribution in [0.2, 0.25) is 0 Å². The first-order valence-corrected chi connectivity index (χ1v) is 6.26. The standard InChI is InChI=1S/C16H20N2/c1-12(2)14-10-6-7-11-15(14)16(17,18)13-8-4-3-5-9-13/h3-12H,17-18H2,1-2H3. The Hall–Kier alpha value is -1.64. The minimum absolute atomic E-state index is 0.399. The Morgan fingerprint density at radius 2 is 1.39 bits per heavy atom. The highest BCUT2D eigenvalue weighted by molar-refractivity contribution is 5.42. The van der Waals surface area contributed by atoms with Crippen molar-refractivity contribution in [3.63, 3.8) is 0 Å². The molecule has 0 amide bonds. The van der Waals surface area contributed by atoms with E-state index in [-0.39, 0.29) is 0 Å². The third kappa shape index (κ3) is 2.30. The molecule has 18 heavy (non-hydrogen) atoms. The van der Waals surface area contributed by atoms with Crippen LogP contribution in [-0.2, 0) is 5.66 Å². The summed E-state index contributed by atoms with van der Waals surface area (Å²) in [5.74, 6) is 0.399. The quantitative estimate of drug-likeness (QED) is 0.810. The van der Waals surface area contributed by atoms with Crippen LogP contribution in [0.4, 0.5) is 0 Å². The van der Waals surface area contributed by atoms with Crippen LogP contribution in [0, 0.1) is 0 Å². The molecule has 2 nitrogen and oxygen atoms in total. The lowest BCUT2D eigenvalue weighted by Gasteiger charge is -2.29. The first-order valence-electron chi connectivity index (χ1n) is 6.26. The van der Waals surface area contributed by atoms with Crippen molar-refractivity contribution in [3.05, 3.63) is 71.3 Å². The van der Waals surface area contributed by atoms with E-state index in [0.717, 1.165) is 11.1 Å². The Morgan fingerprint density at radius 3 is 2.00 bits per heavy atom. The van der Waals surface area contributed by atoms with Crippen molar-refractivity contribution in [2.75, 3.05) is 0 Å². The maximum Gasteiger partial charge on any atom is 0.117 e. The first-order chi connectivity index (χ1) is 8.53. The third-order valence-corrected chi connectivity index (χ3v) is 3.28. The van der Waals surface area contributed by atoms with Crippen molar-refractivity contribution in [1.82, 2.24) is 0 Å². The summed E-state index contributed by atoms with van der Waals surface area (Å²) in [6, 6.07) is 17.9. The largest absolute Gasteiger partial charge is 0.306 e. The van der Waals surface area contributed by atoms with Gasteiger partial charge in [-0.1, -0.05) is 68.4 Å². The van der Waals surface area contributed by atoms with Gasteiger partial charge in [0.1, 0.15) is 5.66 Å². The minimum atomic E-state index is -0.942. The fourth-order valence-electron chi connectivity index (χ4n) is 2.25. The van der Waals surface area contributed by atoms with Crippen LogP contribution in [0.15, 0.2) is 54.6 Å². The van der Waals surface area contributed by atoms with E-state index in [9.17, 15) is 0 Å². The first kappa shape index (κ1) is 12.8. The van der Waals surface area contributed by atoms with Gasteiger partial charge in [0.25, 0.3) is 0 Å². The van der Waals surface area contributed by atoms with Crippen molar-refractivity contribution >= 4 is 0 Å². The Labute approximate surface area is 109 Å². The molecule has 2 rings (SSSR count). The van der Waals surface area contributed by atoms with Gasteiger partial charge >= 0.3 is 0 Å². The van der Waals surface area contributed by atoms with Crippen LogP contribution >= 0.6 is 0 Å².